The van der Waals surface area contributed by atoms with E-state index in [4.69, 9.17) is 9.84 Å². The topological polar surface area (TPSA) is 105 Å². The highest BCUT2D eigenvalue weighted by Crippen LogP contribution is 1.90. The third-order valence-electron chi connectivity index (χ3n) is 1.74. The van der Waals surface area contributed by atoms with E-state index in [-0.39, 0.29) is 5.92 Å². The molecule has 0 heterocycles. The molecule has 0 saturated carbocycles. The Balaban J connectivity index is 3.79. The monoisotopic (exact) mass is 246 g/mol. The second-order valence-electron chi connectivity index (χ2n) is 3.94. The van der Waals surface area contributed by atoms with Crippen molar-refractivity contribution >= 4 is 17.9 Å². The Morgan fingerprint density at radius 3 is 2.29 bits per heavy atom. The van der Waals surface area contributed by atoms with Crippen molar-refractivity contribution in [1.82, 2.24) is 10.6 Å². The molecule has 0 fully saturated rings. The summed E-state index contributed by atoms with van der Waals surface area (Å²) >= 11 is 0. The van der Waals surface area contributed by atoms with Crippen molar-refractivity contribution in [3.63, 3.8) is 0 Å². The van der Waals surface area contributed by atoms with E-state index < -0.39 is 30.6 Å². The largest absolute Gasteiger partial charge is 0.479 e. The number of carboxylic acids is 1. The van der Waals surface area contributed by atoms with Crippen LogP contribution in [0.25, 0.3) is 0 Å². The highest BCUT2D eigenvalue weighted by molar-refractivity contribution is 5.94. The van der Waals surface area contributed by atoms with Gasteiger partial charge in [0.2, 0.25) is 0 Å². The van der Waals surface area contributed by atoms with E-state index in [9.17, 15) is 14.4 Å². The number of imide groups is 1. The van der Waals surface area contributed by atoms with Crippen molar-refractivity contribution in [3.05, 3.63) is 0 Å². The van der Waals surface area contributed by atoms with E-state index in [1.54, 1.807) is 0 Å². The minimum absolute atomic E-state index is 0.277. The first-order valence-electron chi connectivity index (χ1n) is 5.25. The molecule has 0 rings (SSSR count). The van der Waals surface area contributed by atoms with E-state index in [1.807, 2.05) is 19.2 Å². The van der Waals surface area contributed by atoms with Gasteiger partial charge in [0, 0.05) is 6.54 Å². The SMILES string of the molecule is CC(C)CNC(=O)NC(=O)CO[C@H](C)C(=O)O. The van der Waals surface area contributed by atoms with Crippen molar-refractivity contribution in [3.8, 4) is 0 Å². The molecule has 7 heteroatoms. The number of carbonyl (C=O) groups is 3. The second-order valence-corrected chi connectivity index (χ2v) is 3.94. The third-order valence-corrected chi connectivity index (χ3v) is 1.74. The van der Waals surface area contributed by atoms with Crippen LogP contribution in [-0.4, -0.2) is 42.3 Å². The fourth-order valence-electron chi connectivity index (χ4n) is 0.776. The Morgan fingerprint density at radius 2 is 1.82 bits per heavy atom. The number of urea groups is 1. The molecular weight excluding hydrogens is 228 g/mol. The number of amides is 3. The maximum absolute atomic E-state index is 11.1. The molecule has 7 nitrogen and oxygen atoms in total. The zero-order valence-electron chi connectivity index (χ0n) is 10.1. The standard InChI is InChI=1S/C10H18N2O5/c1-6(2)4-11-10(16)12-8(13)5-17-7(3)9(14)15/h6-7H,4-5H2,1-3H3,(H,14,15)(H2,11,12,13,16)/t7-/m1/s1. The Bertz CT molecular complexity index is 290. The molecule has 0 saturated heterocycles. The highest BCUT2D eigenvalue weighted by Gasteiger charge is 2.14. The molecule has 0 spiro atoms. The zero-order valence-corrected chi connectivity index (χ0v) is 10.1. The first-order chi connectivity index (χ1) is 7.82. The maximum atomic E-state index is 11.1. The minimum atomic E-state index is -1.16. The lowest BCUT2D eigenvalue weighted by Crippen LogP contribution is -2.43. The number of carbonyl (C=O) groups excluding carboxylic acids is 2. The van der Waals surface area contributed by atoms with Crippen LogP contribution in [0.2, 0.25) is 0 Å². The van der Waals surface area contributed by atoms with Crippen molar-refractivity contribution in [2.75, 3.05) is 13.2 Å². The molecule has 0 bridgehead atoms. The lowest BCUT2D eigenvalue weighted by molar-refractivity contribution is -0.150. The number of hydrogen-bond acceptors (Lipinski definition) is 4. The molecule has 0 aromatic heterocycles. The van der Waals surface area contributed by atoms with Crippen LogP contribution < -0.4 is 10.6 Å². The molecule has 3 N–H and O–H groups in total. The van der Waals surface area contributed by atoms with Crippen LogP contribution in [0.5, 0.6) is 0 Å². The maximum Gasteiger partial charge on any atom is 0.332 e. The lowest BCUT2D eigenvalue weighted by atomic mass is 10.2. The third kappa shape index (κ3) is 8.21. The van der Waals surface area contributed by atoms with Gasteiger partial charge in [0.1, 0.15) is 6.61 Å². The van der Waals surface area contributed by atoms with Crippen molar-refractivity contribution in [2.24, 2.45) is 5.92 Å². The average Bonchev–Trinajstić information content (AvgIpc) is 2.22. The Hall–Kier alpha value is -1.63. The average molecular weight is 246 g/mol. The molecule has 3 amide bonds. The molecule has 0 unspecified atom stereocenters. The van der Waals surface area contributed by atoms with E-state index >= 15 is 0 Å². The fraction of sp³-hybridized carbons (Fsp3) is 0.700. The molecule has 17 heavy (non-hydrogen) atoms. The quantitative estimate of drug-likeness (QED) is 0.610. The molecule has 0 radical (unpaired) electrons. The summed E-state index contributed by atoms with van der Waals surface area (Å²) in [5, 5.41) is 13.0. The first kappa shape index (κ1) is 15.4. The van der Waals surface area contributed by atoms with Gasteiger partial charge in [-0.2, -0.15) is 0 Å². The molecule has 0 aliphatic heterocycles. The molecule has 1 atom stereocenters. The van der Waals surface area contributed by atoms with Crippen LogP contribution in [0.1, 0.15) is 20.8 Å². The van der Waals surface area contributed by atoms with E-state index in [1.165, 1.54) is 6.92 Å². The minimum Gasteiger partial charge on any atom is -0.479 e. The van der Waals surface area contributed by atoms with Crippen LogP contribution in [0.4, 0.5) is 4.79 Å². The lowest BCUT2D eigenvalue weighted by Gasteiger charge is -2.10. The van der Waals surface area contributed by atoms with Crippen LogP contribution in [0, 0.1) is 5.92 Å². The van der Waals surface area contributed by atoms with Crippen LogP contribution >= 0.6 is 0 Å². The molecule has 0 aromatic carbocycles. The molecule has 0 aliphatic rings. The molecule has 0 aliphatic carbocycles. The summed E-state index contributed by atoms with van der Waals surface area (Å²) in [5.74, 6) is -1.57. The summed E-state index contributed by atoms with van der Waals surface area (Å²) in [6.07, 6.45) is -1.08. The van der Waals surface area contributed by atoms with Gasteiger partial charge in [-0.1, -0.05) is 13.8 Å². The van der Waals surface area contributed by atoms with Gasteiger partial charge in [0.25, 0.3) is 5.91 Å². The predicted octanol–water partition coefficient (Wildman–Crippen LogP) is -0.0421. The number of carboxylic acid groups (broad SMARTS) is 1. The van der Waals surface area contributed by atoms with Gasteiger partial charge in [-0.15, -0.1) is 0 Å². The number of ether oxygens (including phenoxy) is 1. The van der Waals surface area contributed by atoms with Crippen LogP contribution in [-0.2, 0) is 14.3 Å². The fourth-order valence-corrected chi connectivity index (χ4v) is 0.776. The van der Waals surface area contributed by atoms with Gasteiger partial charge in [-0.3, -0.25) is 10.1 Å². The Labute approximate surface area is 99.5 Å². The van der Waals surface area contributed by atoms with Gasteiger partial charge in [0.15, 0.2) is 6.10 Å². The van der Waals surface area contributed by atoms with Gasteiger partial charge >= 0.3 is 12.0 Å². The van der Waals surface area contributed by atoms with Gasteiger partial charge in [-0.05, 0) is 12.8 Å². The van der Waals surface area contributed by atoms with Crippen molar-refractivity contribution in [2.45, 2.75) is 26.9 Å². The number of rotatable bonds is 6. The normalized spacial score (nSPS) is 12.0. The molecule has 98 valence electrons. The van der Waals surface area contributed by atoms with Gasteiger partial charge in [-0.25, -0.2) is 9.59 Å². The number of aliphatic carboxylic acids is 1. The van der Waals surface area contributed by atoms with Crippen molar-refractivity contribution in [1.29, 1.82) is 0 Å². The first-order valence-corrected chi connectivity index (χ1v) is 5.25. The van der Waals surface area contributed by atoms with E-state index in [0.29, 0.717) is 6.54 Å². The van der Waals surface area contributed by atoms with Crippen LogP contribution in [0.15, 0.2) is 0 Å². The highest BCUT2D eigenvalue weighted by atomic mass is 16.5. The molecule has 0 aromatic rings. The zero-order chi connectivity index (χ0) is 13.4. The predicted molar refractivity (Wildman–Crippen MR) is 59.4 cm³/mol. The smallest absolute Gasteiger partial charge is 0.332 e. The Morgan fingerprint density at radius 1 is 1.24 bits per heavy atom. The summed E-state index contributed by atoms with van der Waals surface area (Å²) in [7, 11) is 0. The van der Waals surface area contributed by atoms with E-state index in [0.717, 1.165) is 0 Å². The summed E-state index contributed by atoms with van der Waals surface area (Å²) < 4.78 is 4.70. The van der Waals surface area contributed by atoms with Crippen molar-refractivity contribution < 1.29 is 24.2 Å². The number of nitrogens with one attached hydrogen (secondary N) is 2. The summed E-state index contributed by atoms with van der Waals surface area (Å²) in [4.78, 5) is 32.6. The number of hydrogen-bond donors (Lipinski definition) is 3. The molecular formula is C10H18N2O5. The van der Waals surface area contributed by atoms with Gasteiger partial charge < -0.3 is 15.2 Å². The van der Waals surface area contributed by atoms with E-state index in [2.05, 4.69) is 5.32 Å². The summed E-state index contributed by atoms with van der Waals surface area (Å²) in [5.41, 5.74) is 0. The Kier molecular flexibility index (Phi) is 6.88. The van der Waals surface area contributed by atoms with Gasteiger partial charge in [0.05, 0.1) is 0 Å². The second kappa shape index (κ2) is 7.61. The van der Waals surface area contributed by atoms with Crippen LogP contribution in [0.3, 0.4) is 0 Å². The summed E-state index contributed by atoms with van der Waals surface area (Å²) in [6, 6.07) is -0.615. The summed E-state index contributed by atoms with van der Waals surface area (Å²) in [6.45, 7) is 5.11.